The van der Waals surface area contributed by atoms with Gasteiger partial charge in [-0.05, 0) is 37.6 Å². The molecule has 2 atom stereocenters. The Kier molecular flexibility index (Phi) is 4.76. The highest BCUT2D eigenvalue weighted by atomic mass is 16.5. The molecular weight excluding hydrogens is 244 g/mol. The molecule has 1 fully saturated rings. The zero-order valence-corrected chi connectivity index (χ0v) is 11.1. The molecule has 0 aliphatic carbocycles. The van der Waals surface area contributed by atoms with Crippen LogP contribution in [0.4, 0.5) is 5.69 Å². The van der Waals surface area contributed by atoms with E-state index in [9.17, 15) is 4.79 Å². The number of carboxylic acids is 1. The van der Waals surface area contributed by atoms with E-state index in [0.717, 1.165) is 31.9 Å². The van der Waals surface area contributed by atoms with Crippen molar-refractivity contribution in [1.29, 1.82) is 0 Å². The van der Waals surface area contributed by atoms with Gasteiger partial charge >= 0.3 is 5.97 Å². The monoisotopic (exact) mass is 264 g/mol. The first-order valence-corrected chi connectivity index (χ1v) is 6.56. The normalized spacial score (nSPS) is 20.8. The molecule has 1 aliphatic rings. The molecule has 5 heteroatoms. The van der Waals surface area contributed by atoms with Crippen LogP contribution in [0.1, 0.15) is 23.7 Å². The fourth-order valence-electron chi connectivity index (χ4n) is 2.25. The summed E-state index contributed by atoms with van der Waals surface area (Å²) in [5.41, 5.74) is 1.25. The number of anilines is 1. The van der Waals surface area contributed by atoms with Crippen molar-refractivity contribution >= 4 is 11.7 Å². The molecule has 2 rings (SSSR count). The molecule has 0 spiro atoms. The largest absolute Gasteiger partial charge is 0.478 e. The highest BCUT2D eigenvalue weighted by molar-refractivity contribution is 5.87. The summed E-state index contributed by atoms with van der Waals surface area (Å²) in [6.45, 7) is 4.56. The van der Waals surface area contributed by atoms with Crippen LogP contribution in [0, 0.1) is 0 Å². The van der Waals surface area contributed by atoms with Gasteiger partial charge in [-0.15, -0.1) is 0 Å². The second-order valence-electron chi connectivity index (χ2n) is 4.89. The third-order valence-electron chi connectivity index (χ3n) is 3.18. The molecule has 104 valence electrons. The van der Waals surface area contributed by atoms with Crippen molar-refractivity contribution < 1.29 is 14.6 Å². The molecule has 1 aromatic rings. The molecule has 1 aliphatic heterocycles. The number of hydrogen-bond donors (Lipinski definition) is 3. The van der Waals surface area contributed by atoms with Crippen LogP contribution < -0.4 is 10.6 Å². The third-order valence-corrected chi connectivity index (χ3v) is 3.18. The average Bonchev–Trinajstić information content (AvgIpc) is 2.40. The number of morpholine rings is 1. The number of hydrogen-bond acceptors (Lipinski definition) is 4. The van der Waals surface area contributed by atoms with Crippen LogP contribution in [-0.4, -0.2) is 42.9 Å². The standard InChI is InChI=1S/C14H20N2O3/c1-10(8-13-9-19-7-6-15-13)16-12-4-2-11(3-5-12)14(17)18/h2-5,10,13,15-16H,6-9H2,1H3,(H,17,18). The first kappa shape index (κ1) is 13.8. The fourth-order valence-corrected chi connectivity index (χ4v) is 2.25. The van der Waals surface area contributed by atoms with Gasteiger partial charge in [-0.3, -0.25) is 0 Å². The van der Waals surface area contributed by atoms with Gasteiger partial charge in [-0.1, -0.05) is 0 Å². The summed E-state index contributed by atoms with van der Waals surface area (Å²) in [6.07, 6.45) is 0.973. The van der Waals surface area contributed by atoms with Gasteiger partial charge in [-0.25, -0.2) is 4.79 Å². The summed E-state index contributed by atoms with van der Waals surface area (Å²) < 4.78 is 5.42. The maximum atomic E-state index is 10.8. The minimum Gasteiger partial charge on any atom is -0.478 e. The molecule has 0 bridgehead atoms. The highest BCUT2D eigenvalue weighted by Crippen LogP contribution is 2.13. The van der Waals surface area contributed by atoms with Crippen molar-refractivity contribution in [2.75, 3.05) is 25.1 Å². The number of carbonyl (C=O) groups is 1. The molecule has 0 amide bonds. The van der Waals surface area contributed by atoms with E-state index in [1.165, 1.54) is 0 Å². The van der Waals surface area contributed by atoms with Crippen LogP contribution in [0.5, 0.6) is 0 Å². The Morgan fingerprint density at radius 2 is 2.26 bits per heavy atom. The molecule has 19 heavy (non-hydrogen) atoms. The zero-order valence-electron chi connectivity index (χ0n) is 11.1. The average molecular weight is 264 g/mol. The van der Waals surface area contributed by atoms with E-state index in [1.54, 1.807) is 24.3 Å². The van der Waals surface area contributed by atoms with Gasteiger partial charge in [0.1, 0.15) is 0 Å². The summed E-state index contributed by atoms with van der Waals surface area (Å²) in [7, 11) is 0. The summed E-state index contributed by atoms with van der Waals surface area (Å²) >= 11 is 0. The summed E-state index contributed by atoms with van der Waals surface area (Å²) in [5, 5.41) is 15.6. The third kappa shape index (κ3) is 4.22. The maximum absolute atomic E-state index is 10.8. The van der Waals surface area contributed by atoms with E-state index in [-0.39, 0.29) is 0 Å². The molecule has 1 aromatic carbocycles. The molecule has 0 radical (unpaired) electrons. The van der Waals surface area contributed by atoms with E-state index in [0.29, 0.717) is 17.6 Å². The molecule has 2 unspecified atom stereocenters. The lowest BCUT2D eigenvalue weighted by Crippen LogP contribution is -2.43. The molecule has 1 saturated heterocycles. The summed E-state index contributed by atoms with van der Waals surface area (Å²) in [4.78, 5) is 10.8. The van der Waals surface area contributed by atoms with Crippen molar-refractivity contribution in [2.24, 2.45) is 0 Å². The van der Waals surface area contributed by atoms with Crippen LogP contribution in [0.3, 0.4) is 0 Å². The lowest BCUT2D eigenvalue weighted by molar-refractivity contribution is 0.0697. The Hall–Kier alpha value is -1.59. The number of carboxylic acid groups (broad SMARTS) is 1. The van der Waals surface area contributed by atoms with Crippen LogP contribution in [0.25, 0.3) is 0 Å². The first-order chi connectivity index (χ1) is 9.15. The van der Waals surface area contributed by atoms with Gasteiger partial charge in [0.15, 0.2) is 0 Å². The van der Waals surface area contributed by atoms with E-state index in [1.807, 2.05) is 0 Å². The Bertz CT molecular complexity index is 413. The number of ether oxygens (including phenoxy) is 1. The van der Waals surface area contributed by atoms with Gasteiger partial charge in [0.25, 0.3) is 0 Å². The van der Waals surface area contributed by atoms with Crippen molar-refractivity contribution in [3.63, 3.8) is 0 Å². The SMILES string of the molecule is CC(CC1COCCN1)Nc1ccc(C(=O)O)cc1. The van der Waals surface area contributed by atoms with E-state index in [4.69, 9.17) is 9.84 Å². The van der Waals surface area contributed by atoms with Gasteiger partial charge in [-0.2, -0.15) is 0 Å². The first-order valence-electron chi connectivity index (χ1n) is 6.56. The lowest BCUT2D eigenvalue weighted by Gasteiger charge is -2.27. The number of benzene rings is 1. The molecular formula is C14H20N2O3. The molecule has 5 nitrogen and oxygen atoms in total. The van der Waals surface area contributed by atoms with Crippen molar-refractivity contribution in [1.82, 2.24) is 5.32 Å². The van der Waals surface area contributed by atoms with Crippen molar-refractivity contribution in [3.8, 4) is 0 Å². The topological polar surface area (TPSA) is 70.6 Å². The highest BCUT2D eigenvalue weighted by Gasteiger charge is 2.16. The van der Waals surface area contributed by atoms with Gasteiger partial charge in [0.05, 0.1) is 18.8 Å². The Balaban J connectivity index is 1.83. The number of rotatable bonds is 5. The Labute approximate surface area is 113 Å². The van der Waals surface area contributed by atoms with Crippen molar-refractivity contribution in [3.05, 3.63) is 29.8 Å². The number of aromatic carboxylic acids is 1. The molecule has 3 N–H and O–H groups in total. The molecule has 0 saturated carbocycles. The summed E-state index contributed by atoms with van der Waals surface area (Å²) in [5.74, 6) is -0.900. The second kappa shape index (κ2) is 6.54. The van der Waals surface area contributed by atoms with Gasteiger partial charge in [0.2, 0.25) is 0 Å². The fraction of sp³-hybridized carbons (Fsp3) is 0.500. The van der Waals surface area contributed by atoms with Gasteiger partial charge in [0, 0.05) is 24.3 Å². The molecule has 1 heterocycles. The number of nitrogens with one attached hydrogen (secondary N) is 2. The Morgan fingerprint density at radius 3 is 2.84 bits per heavy atom. The van der Waals surface area contributed by atoms with E-state index in [2.05, 4.69) is 17.6 Å². The van der Waals surface area contributed by atoms with Crippen LogP contribution in [0.2, 0.25) is 0 Å². The van der Waals surface area contributed by atoms with Crippen LogP contribution >= 0.6 is 0 Å². The van der Waals surface area contributed by atoms with Crippen LogP contribution in [0.15, 0.2) is 24.3 Å². The van der Waals surface area contributed by atoms with E-state index >= 15 is 0 Å². The Morgan fingerprint density at radius 1 is 1.53 bits per heavy atom. The van der Waals surface area contributed by atoms with Gasteiger partial charge < -0.3 is 20.5 Å². The molecule has 0 aromatic heterocycles. The minimum atomic E-state index is -0.900. The van der Waals surface area contributed by atoms with Crippen molar-refractivity contribution in [2.45, 2.75) is 25.4 Å². The maximum Gasteiger partial charge on any atom is 0.335 e. The minimum absolute atomic E-state index is 0.301. The van der Waals surface area contributed by atoms with E-state index < -0.39 is 5.97 Å². The second-order valence-corrected chi connectivity index (χ2v) is 4.89. The van der Waals surface area contributed by atoms with Crippen LogP contribution in [-0.2, 0) is 4.74 Å². The quantitative estimate of drug-likeness (QED) is 0.753. The predicted octanol–water partition coefficient (Wildman–Crippen LogP) is 1.56. The smallest absolute Gasteiger partial charge is 0.335 e. The summed E-state index contributed by atoms with van der Waals surface area (Å²) in [6, 6.07) is 7.50. The predicted molar refractivity (Wildman–Crippen MR) is 73.7 cm³/mol. The lowest BCUT2D eigenvalue weighted by atomic mass is 10.1. The zero-order chi connectivity index (χ0) is 13.7.